The zero-order valence-corrected chi connectivity index (χ0v) is 16.8. The summed E-state index contributed by atoms with van der Waals surface area (Å²) in [7, 11) is 1.35. The van der Waals surface area contributed by atoms with Crippen LogP contribution in [0.5, 0.6) is 5.75 Å². The molecule has 30 heavy (non-hydrogen) atoms. The molecule has 0 bridgehead atoms. The standard InChI is InChI=1S/C20H22F2N6O2/c1-11-9-28(10-12(2)30-11)20-23-5-4-17(25-20)24-18-8-16(26-27-18)19-14(21)6-13(29-3)7-15(19)22/h4-8,11-12H,9-10H2,1-3H3,(H2,23,24,25,26,27)/t11-,12+. The van der Waals surface area contributed by atoms with Crippen LogP contribution < -0.4 is 15.0 Å². The lowest BCUT2D eigenvalue weighted by Crippen LogP contribution is -2.46. The van der Waals surface area contributed by atoms with E-state index < -0.39 is 11.6 Å². The molecule has 2 aromatic heterocycles. The van der Waals surface area contributed by atoms with Gasteiger partial charge in [0.15, 0.2) is 5.82 Å². The highest BCUT2D eigenvalue weighted by atomic mass is 19.1. The molecule has 1 aliphatic rings. The molecule has 3 heterocycles. The summed E-state index contributed by atoms with van der Waals surface area (Å²) in [5, 5.41) is 9.77. The molecule has 10 heteroatoms. The highest BCUT2D eigenvalue weighted by Gasteiger charge is 2.24. The molecule has 158 valence electrons. The second-order valence-electron chi connectivity index (χ2n) is 7.16. The fourth-order valence-corrected chi connectivity index (χ4v) is 3.48. The number of H-pyrrole nitrogens is 1. The van der Waals surface area contributed by atoms with Crippen molar-refractivity contribution in [2.24, 2.45) is 0 Å². The second-order valence-corrected chi connectivity index (χ2v) is 7.16. The normalized spacial score (nSPS) is 19.0. The van der Waals surface area contributed by atoms with Gasteiger partial charge in [-0.25, -0.2) is 13.8 Å². The molecule has 8 nitrogen and oxygen atoms in total. The van der Waals surface area contributed by atoms with E-state index in [1.54, 1.807) is 12.3 Å². The van der Waals surface area contributed by atoms with Crippen LogP contribution in [0.2, 0.25) is 0 Å². The Morgan fingerprint density at radius 3 is 2.50 bits per heavy atom. The van der Waals surface area contributed by atoms with Crippen molar-refractivity contribution in [2.45, 2.75) is 26.1 Å². The van der Waals surface area contributed by atoms with Gasteiger partial charge in [-0.2, -0.15) is 10.1 Å². The number of ether oxygens (including phenoxy) is 2. The van der Waals surface area contributed by atoms with Crippen molar-refractivity contribution in [1.29, 1.82) is 0 Å². The number of benzene rings is 1. The Morgan fingerprint density at radius 1 is 1.13 bits per heavy atom. The maximum atomic E-state index is 14.3. The van der Waals surface area contributed by atoms with E-state index in [9.17, 15) is 8.78 Å². The van der Waals surface area contributed by atoms with Crippen LogP contribution >= 0.6 is 0 Å². The highest BCUT2D eigenvalue weighted by Crippen LogP contribution is 2.30. The Balaban J connectivity index is 1.54. The van der Waals surface area contributed by atoms with Gasteiger partial charge in [0.05, 0.1) is 30.6 Å². The van der Waals surface area contributed by atoms with E-state index in [4.69, 9.17) is 9.47 Å². The molecule has 0 aliphatic carbocycles. The molecule has 1 fully saturated rings. The number of anilines is 3. The van der Waals surface area contributed by atoms with Gasteiger partial charge in [0, 0.05) is 37.5 Å². The third-order valence-corrected chi connectivity index (χ3v) is 4.70. The zero-order valence-electron chi connectivity index (χ0n) is 16.8. The lowest BCUT2D eigenvalue weighted by molar-refractivity contribution is -0.00571. The summed E-state index contributed by atoms with van der Waals surface area (Å²) in [6, 6.07) is 5.44. The number of morpholine rings is 1. The smallest absolute Gasteiger partial charge is 0.227 e. The maximum Gasteiger partial charge on any atom is 0.227 e. The minimum atomic E-state index is -0.748. The van der Waals surface area contributed by atoms with Crippen LogP contribution in [0.3, 0.4) is 0 Å². The van der Waals surface area contributed by atoms with Crippen LogP contribution in [0, 0.1) is 11.6 Å². The lowest BCUT2D eigenvalue weighted by atomic mass is 10.1. The van der Waals surface area contributed by atoms with Gasteiger partial charge in [-0.1, -0.05) is 0 Å². The molecule has 1 aromatic carbocycles. The topological polar surface area (TPSA) is 88.2 Å². The summed E-state index contributed by atoms with van der Waals surface area (Å²) in [6.45, 7) is 5.40. The number of halogens is 2. The number of methoxy groups -OCH3 is 1. The maximum absolute atomic E-state index is 14.3. The number of aromatic nitrogens is 4. The van der Waals surface area contributed by atoms with Gasteiger partial charge in [0.2, 0.25) is 5.95 Å². The van der Waals surface area contributed by atoms with E-state index in [1.165, 1.54) is 13.2 Å². The number of aromatic amines is 1. The van der Waals surface area contributed by atoms with Crippen LogP contribution in [0.4, 0.5) is 26.4 Å². The molecule has 2 N–H and O–H groups in total. The van der Waals surface area contributed by atoms with Crippen molar-refractivity contribution >= 4 is 17.6 Å². The number of rotatable bonds is 5. The molecule has 0 unspecified atom stereocenters. The highest BCUT2D eigenvalue weighted by molar-refractivity contribution is 5.67. The minimum absolute atomic E-state index is 0.0807. The SMILES string of the molecule is COc1cc(F)c(-c2cc(Nc3ccnc(N4C[C@@H](C)O[C@@H](C)C4)n3)n[nH]2)c(F)c1. The van der Waals surface area contributed by atoms with Gasteiger partial charge in [0.25, 0.3) is 0 Å². The van der Waals surface area contributed by atoms with E-state index in [2.05, 4.69) is 30.4 Å². The Bertz CT molecular complexity index is 1010. The molecule has 4 rings (SSSR count). The van der Waals surface area contributed by atoms with Crippen LogP contribution in [0.25, 0.3) is 11.3 Å². The van der Waals surface area contributed by atoms with Crippen molar-refractivity contribution in [3.63, 3.8) is 0 Å². The molecule has 0 amide bonds. The van der Waals surface area contributed by atoms with E-state index in [0.29, 0.717) is 30.7 Å². The average molecular weight is 416 g/mol. The second kappa shape index (κ2) is 8.23. The lowest BCUT2D eigenvalue weighted by Gasteiger charge is -2.35. The summed E-state index contributed by atoms with van der Waals surface area (Å²) in [5.41, 5.74) is -0.0173. The summed E-state index contributed by atoms with van der Waals surface area (Å²) in [4.78, 5) is 10.9. The van der Waals surface area contributed by atoms with Crippen molar-refractivity contribution in [2.75, 3.05) is 30.4 Å². The van der Waals surface area contributed by atoms with Gasteiger partial charge >= 0.3 is 0 Å². The van der Waals surface area contributed by atoms with E-state index in [-0.39, 0.29) is 29.2 Å². The molecular formula is C20H22F2N6O2. The first kappa shape index (κ1) is 20.0. The number of nitrogens with one attached hydrogen (secondary N) is 2. The van der Waals surface area contributed by atoms with Gasteiger partial charge in [-0.3, -0.25) is 5.10 Å². The number of nitrogens with zero attached hydrogens (tertiary/aromatic N) is 4. The largest absolute Gasteiger partial charge is 0.497 e. The van der Waals surface area contributed by atoms with E-state index in [1.807, 2.05) is 13.8 Å². The zero-order chi connectivity index (χ0) is 21.3. The fraction of sp³-hybridized carbons (Fsp3) is 0.350. The van der Waals surface area contributed by atoms with Crippen molar-refractivity contribution in [3.8, 4) is 17.0 Å². The Labute approximate surface area is 172 Å². The predicted octanol–water partition coefficient (Wildman–Crippen LogP) is 3.51. The third kappa shape index (κ3) is 4.18. The fourth-order valence-electron chi connectivity index (χ4n) is 3.48. The van der Waals surface area contributed by atoms with E-state index >= 15 is 0 Å². The average Bonchev–Trinajstić information content (AvgIpc) is 3.14. The Morgan fingerprint density at radius 2 is 1.83 bits per heavy atom. The van der Waals surface area contributed by atoms with Crippen LogP contribution in [-0.4, -0.2) is 52.6 Å². The predicted molar refractivity (Wildman–Crippen MR) is 108 cm³/mol. The Hall–Kier alpha value is -3.27. The van der Waals surface area contributed by atoms with Crippen LogP contribution in [0.15, 0.2) is 30.5 Å². The molecule has 0 radical (unpaired) electrons. The van der Waals surface area contributed by atoms with Gasteiger partial charge < -0.3 is 19.7 Å². The van der Waals surface area contributed by atoms with Crippen LogP contribution in [0.1, 0.15) is 13.8 Å². The summed E-state index contributed by atoms with van der Waals surface area (Å²) >= 11 is 0. The molecule has 0 saturated carbocycles. The van der Waals surface area contributed by atoms with Crippen molar-refractivity contribution in [3.05, 3.63) is 42.1 Å². The van der Waals surface area contributed by atoms with Crippen molar-refractivity contribution < 1.29 is 18.3 Å². The number of hydrogen-bond donors (Lipinski definition) is 2. The number of hydrogen-bond acceptors (Lipinski definition) is 7. The molecule has 3 aromatic rings. The summed E-state index contributed by atoms with van der Waals surface area (Å²) < 4.78 is 39.3. The summed E-state index contributed by atoms with van der Waals surface area (Å²) in [5.74, 6) is 0.0641. The first-order chi connectivity index (χ1) is 14.4. The molecule has 1 aliphatic heterocycles. The van der Waals surface area contributed by atoms with Crippen molar-refractivity contribution in [1.82, 2.24) is 20.2 Å². The van der Waals surface area contributed by atoms with Gasteiger partial charge in [0.1, 0.15) is 23.2 Å². The monoisotopic (exact) mass is 416 g/mol. The molecule has 1 saturated heterocycles. The van der Waals surface area contributed by atoms with Gasteiger partial charge in [-0.05, 0) is 19.9 Å². The quantitative estimate of drug-likeness (QED) is 0.658. The van der Waals surface area contributed by atoms with Crippen LogP contribution in [-0.2, 0) is 4.74 Å². The molecule has 2 atom stereocenters. The molecular weight excluding hydrogens is 394 g/mol. The minimum Gasteiger partial charge on any atom is -0.497 e. The molecule has 0 spiro atoms. The Kier molecular flexibility index (Phi) is 5.49. The van der Waals surface area contributed by atoms with E-state index in [0.717, 1.165) is 12.1 Å². The summed E-state index contributed by atoms with van der Waals surface area (Å²) in [6.07, 6.45) is 1.81. The third-order valence-electron chi connectivity index (χ3n) is 4.70. The first-order valence-corrected chi connectivity index (χ1v) is 9.52. The first-order valence-electron chi connectivity index (χ1n) is 9.52. The van der Waals surface area contributed by atoms with Gasteiger partial charge in [-0.15, -0.1) is 0 Å².